The summed E-state index contributed by atoms with van der Waals surface area (Å²) in [4.78, 5) is 45.3. The summed E-state index contributed by atoms with van der Waals surface area (Å²) in [5.74, 6) is -1.15. The molecule has 0 aliphatic carbocycles. The SMILES string of the molecule is NCC(=O)OCCOCCOCCOC(=O)CCC(=O)OCCOC(=O)CCCCCS. The number of nitrogens with two attached hydrogens (primary N) is 1. The Morgan fingerprint density at radius 1 is 0.531 bits per heavy atom. The Morgan fingerprint density at radius 3 is 1.41 bits per heavy atom. The van der Waals surface area contributed by atoms with E-state index in [4.69, 9.17) is 34.2 Å². The normalized spacial score (nSPS) is 10.4. The molecule has 0 saturated carbocycles. The van der Waals surface area contributed by atoms with E-state index in [1.807, 2.05) is 0 Å². The molecule has 0 aromatic carbocycles. The lowest BCUT2D eigenvalue weighted by atomic mass is 10.2. The highest BCUT2D eigenvalue weighted by atomic mass is 32.1. The Morgan fingerprint density at radius 2 is 0.938 bits per heavy atom. The summed E-state index contributed by atoms with van der Waals surface area (Å²) in [6, 6.07) is 0. The van der Waals surface area contributed by atoms with E-state index in [0.29, 0.717) is 13.0 Å². The average molecular weight is 482 g/mol. The van der Waals surface area contributed by atoms with Crippen LogP contribution in [0.15, 0.2) is 0 Å². The third kappa shape index (κ3) is 21.3. The van der Waals surface area contributed by atoms with Crippen LogP contribution in [0, 0.1) is 0 Å². The first kappa shape index (κ1) is 30.1. The number of ether oxygens (including phenoxy) is 6. The fraction of sp³-hybridized carbons (Fsp3) is 0.800. The third-order valence-corrected chi connectivity index (χ3v) is 4.02. The molecular weight excluding hydrogens is 446 g/mol. The minimum Gasteiger partial charge on any atom is -0.463 e. The summed E-state index contributed by atoms with van der Waals surface area (Å²) in [5, 5.41) is 0. The van der Waals surface area contributed by atoms with E-state index in [2.05, 4.69) is 12.6 Å². The Balaban J connectivity index is 3.44. The average Bonchev–Trinajstić information content (AvgIpc) is 2.79. The fourth-order valence-corrected chi connectivity index (χ4v) is 2.32. The molecule has 12 heteroatoms. The van der Waals surface area contributed by atoms with Crippen molar-refractivity contribution in [2.24, 2.45) is 5.73 Å². The molecule has 2 N–H and O–H groups in total. The Bertz CT molecular complexity index is 533. The Hall–Kier alpha value is -1.89. The molecule has 0 rings (SSSR count). The van der Waals surface area contributed by atoms with Gasteiger partial charge in [-0.15, -0.1) is 0 Å². The number of rotatable bonds is 21. The summed E-state index contributed by atoms with van der Waals surface area (Å²) in [6.07, 6.45) is 2.70. The number of esters is 4. The summed E-state index contributed by atoms with van der Waals surface area (Å²) in [5.41, 5.74) is 5.08. The van der Waals surface area contributed by atoms with Crippen LogP contribution in [-0.2, 0) is 47.6 Å². The van der Waals surface area contributed by atoms with Crippen molar-refractivity contribution in [3.05, 3.63) is 0 Å². The van der Waals surface area contributed by atoms with Crippen LogP contribution in [0.5, 0.6) is 0 Å². The molecule has 186 valence electrons. The van der Waals surface area contributed by atoms with E-state index in [1.165, 1.54) is 0 Å². The molecule has 0 saturated heterocycles. The van der Waals surface area contributed by atoms with Gasteiger partial charge in [-0.05, 0) is 18.6 Å². The van der Waals surface area contributed by atoms with Gasteiger partial charge in [0, 0.05) is 6.42 Å². The molecule has 11 nitrogen and oxygen atoms in total. The van der Waals surface area contributed by atoms with Crippen molar-refractivity contribution in [1.29, 1.82) is 0 Å². The molecule has 0 atom stereocenters. The van der Waals surface area contributed by atoms with Gasteiger partial charge in [0.1, 0.15) is 26.4 Å². The van der Waals surface area contributed by atoms with E-state index in [9.17, 15) is 19.2 Å². The van der Waals surface area contributed by atoms with Crippen molar-refractivity contribution in [3.63, 3.8) is 0 Å². The molecule has 0 fully saturated rings. The van der Waals surface area contributed by atoms with Crippen LogP contribution in [0.4, 0.5) is 0 Å². The van der Waals surface area contributed by atoms with Gasteiger partial charge in [0.2, 0.25) is 0 Å². The van der Waals surface area contributed by atoms with Crippen LogP contribution in [0.2, 0.25) is 0 Å². The number of thiol groups is 1. The van der Waals surface area contributed by atoms with Gasteiger partial charge in [0.25, 0.3) is 0 Å². The van der Waals surface area contributed by atoms with Crippen LogP contribution in [0.1, 0.15) is 38.5 Å². The van der Waals surface area contributed by atoms with Crippen molar-refractivity contribution >= 4 is 36.5 Å². The van der Waals surface area contributed by atoms with Gasteiger partial charge in [0.15, 0.2) is 0 Å². The molecule has 0 aliphatic rings. The molecule has 0 aromatic heterocycles. The number of carbonyl (C=O) groups excluding carboxylic acids is 4. The molecule has 0 spiro atoms. The zero-order valence-electron chi connectivity index (χ0n) is 18.4. The lowest BCUT2D eigenvalue weighted by Gasteiger charge is -2.08. The predicted octanol–water partition coefficient (Wildman–Crippen LogP) is 0.422. The van der Waals surface area contributed by atoms with E-state index in [-0.39, 0.29) is 71.6 Å². The van der Waals surface area contributed by atoms with Gasteiger partial charge in [-0.1, -0.05) is 6.42 Å². The maximum Gasteiger partial charge on any atom is 0.319 e. The Kier molecular flexibility index (Phi) is 21.0. The predicted molar refractivity (Wildman–Crippen MR) is 116 cm³/mol. The van der Waals surface area contributed by atoms with Crippen LogP contribution >= 0.6 is 12.6 Å². The van der Waals surface area contributed by atoms with Crippen molar-refractivity contribution in [1.82, 2.24) is 0 Å². The highest BCUT2D eigenvalue weighted by Gasteiger charge is 2.10. The standard InChI is InChI=1S/C20H35NO10S/c21-16-20(25)31-12-10-27-8-7-26-9-11-28-18(23)5-6-19(24)30-14-13-29-17(22)4-2-1-3-15-32/h32H,1-16,21H2. The third-order valence-electron chi connectivity index (χ3n) is 3.70. The maximum absolute atomic E-state index is 11.6. The lowest BCUT2D eigenvalue weighted by Crippen LogP contribution is -2.19. The summed E-state index contributed by atoms with van der Waals surface area (Å²) in [7, 11) is 0. The number of hydrogen-bond acceptors (Lipinski definition) is 12. The van der Waals surface area contributed by atoms with Crippen molar-refractivity contribution in [2.45, 2.75) is 38.5 Å². The summed E-state index contributed by atoms with van der Waals surface area (Å²) >= 11 is 4.09. The van der Waals surface area contributed by atoms with Crippen molar-refractivity contribution < 1.29 is 47.6 Å². The van der Waals surface area contributed by atoms with Gasteiger partial charge in [0.05, 0.1) is 45.8 Å². The van der Waals surface area contributed by atoms with Crippen LogP contribution in [0.3, 0.4) is 0 Å². The highest BCUT2D eigenvalue weighted by Crippen LogP contribution is 2.02. The Labute approximate surface area is 193 Å². The first-order chi connectivity index (χ1) is 15.5. The molecule has 0 amide bonds. The van der Waals surface area contributed by atoms with Gasteiger partial charge < -0.3 is 34.2 Å². The monoisotopic (exact) mass is 481 g/mol. The first-order valence-corrected chi connectivity index (χ1v) is 11.2. The second kappa shape index (κ2) is 22.3. The van der Waals surface area contributed by atoms with Crippen LogP contribution < -0.4 is 5.73 Å². The number of hydrogen-bond donors (Lipinski definition) is 2. The molecule has 0 aliphatic heterocycles. The summed E-state index contributed by atoms with van der Waals surface area (Å²) < 4.78 is 29.9. The number of carbonyl (C=O) groups is 4. The zero-order valence-corrected chi connectivity index (χ0v) is 19.3. The molecule has 0 radical (unpaired) electrons. The molecule has 0 heterocycles. The van der Waals surface area contributed by atoms with Crippen molar-refractivity contribution in [2.75, 3.05) is 65.2 Å². The van der Waals surface area contributed by atoms with Gasteiger partial charge >= 0.3 is 23.9 Å². The second-order valence-corrected chi connectivity index (χ2v) is 6.79. The molecule has 32 heavy (non-hydrogen) atoms. The quantitative estimate of drug-likeness (QED) is 0.102. The van der Waals surface area contributed by atoms with E-state index >= 15 is 0 Å². The molecule has 0 unspecified atom stereocenters. The zero-order chi connectivity index (χ0) is 23.9. The van der Waals surface area contributed by atoms with Crippen LogP contribution in [0.25, 0.3) is 0 Å². The van der Waals surface area contributed by atoms with Gasteiger partial charge in [-0.3, -0.25) is 19.2 Å². The summed E-state index contributed by atoms with van der Waals surface area (Å²) in [6.45, 7) is 0.937. The van der Waals surface area contributed by atoms with Crippen molar-refractivity contribution in [3.8, 4) is 0 Å². The smallest absolute Gasteiger partial charge is 0.319 e. The first-order valence-electron chi connectivity index (χ1n) is 10.6. The van der Waals surface area contributed by atoms with Gasteiger partial charge in [-0.25, -0.2) is 0 Å². The topological polar surface area (TPSA) is 150 Å². The molecule has 0 bridgehead atoms. The highest BCUT2D eigenvalue weighted by molar-refractivity contribution is 7.80. The van der Waals surface area contributed by atoms with E-state index in [1.54, 1.807) is 0 Å². The largest absolute Gasteiger partial charge is 0.463 e. The van der Waals surface area contributed by atoms with E-state index < -0.39 is 17.9 Å². The van der Waals surface area contributed by atoms with Gasteiger partial charge in [-0.2, -0.15) is 12.6 Å². The lowest BCUT2D eigenvalue weighted by molar-refractivity contribution is -0.154. The minimum absolute atomic E-state index is 0.0124. The molecule has 0 aromatic rings. The van der Waals surface area contributed by atoms with E-state index in [0.717, 1.165) is 25.0 Å². The fourth-order valence-electron chi connectivity index (χ4n) is 2.10. The second-order valence-electron chi connectivity index (χ2n) is 6.35. The maximum atomic E-state index is 11.6. The number of unbranched alkanes of at least 4 members (excludes halogenated alkanes) is 2. The van der Waals surface area contributed by atoms with Crippen LogP contribution in [-0.4, -0.2) is 89.0 Å². The molecular formula is C20H35NO10S. The minimum atomic E-state index is -0.572.